The fourth-order valence-corrected chi connectivity index (χ4v) is 2.69. The van der Waals surface area contributed by atoms with Crippen molar-refractivity contribution in [3.8, 4) is 0 Å². The largest absolute Gasteiger partial charge is 0.348 e. The number of carbonyl (C=O) groups is 1. The first-order valence-corrected chi connectivity index (χ1v) is 7.80. The molecule has 2 rings (SSSR count). The molecule has 0 aliphatic heterocycles. The topological polar surface area (TPSA) is 32.3 Å². The monoisotopic (exact) mass is 334 g/mol. The van der Waals surface area contributed by atoms with Gasteiger partial charge in [-0.3, -0.25) is 9.69 Å². The van der Waals surface area contributed by atoms with Crippen molar-refractivity contribution < 1.29 is 9.18 Å². The summed E-state index contributed by atoms with van der Waals surface area (Å²) in [7, 11) is 1.85. The Morgan fingerprint density at radius 3 is 2.52 bits per heavy atom. The Morgan fingerprint density at radius 1 is 1.22 bits per heavy atom. The Labute approximate surface area is 141 Å². The standard InChI is InChI=1S/C18H20ClFN2O/c1-13(16-5-3-4-6-17(16)19)21-18(23)12-22(2)11-14-7-9-15(20)10-8-14/h3-10,13H,11-12H2,1-2H3,(H,21,23)/t13-/m0/s1. The van der Waals surface area contributed by atoms with E-state index in [1.54, 1.807) is 18.2 Å². The van der Waals surface area contributed by atoms with E-state index in [0.717, 1.165) is 11.1 Å². The molecule has 2 aromatic rings. The normalized spacial score (nSPS) is 12.2. The van der Waals surface area contributed by atoms with Gasteiger partial charge in [-0.2, -0.15) is 0 Å². The maximum Gasteiger partial charge on any atom is 0.234 e. The van der Waals surface area contributed by atoms with Gasteiger partial charge in [-0.05, 0) is 43.3 Å². The average Bonchev–Trinajstić information content (AvgIpc) is 2.49. The van der Waals surface area contributed by atoms with Crippen molar-refractivity contribution in [1.82, 2.24) is 10.2 Å². The van der Waals surface area contributed by atoms with Crippen molar-refractivity contribution in [1.29, 1.82) is 0 Å². The van der Waals surface area contributed by atoms with E-state index in [2.05, 4.69) is 5.32 Å². The molecule has 0 fully saturated rings. The molecular weight excluding hydrogens is 315 g/mol. The zero-order valence-electron chi connectivity index (χ0n) is 13.2. The predicted molar refractivity (Wildman–Crippen MR) is 90.7 cm³/mol. The highest BCUT2D eigenvalue weighted by molar-refractivity contribution is 6.31. The Hall–Kier alpha value is -1.91. The fraction of sp³-hybridized carbons (Fsp3) is 0.278. The van der Waals surface area contributed by atoms with Crippen LogP contribution in [0.3, 0.4) is 0 Å². The average molecular weight is 335 g/mol. The molecule has 0 bridgehead atoms. The highest BCUT2D eigenvalue weighted by atomic mass is 35.5. The Bertz CT molecular complexity index is 660. The molecule has 1 N–H and O–H groups in total. The third-order valence-corrected chi connectivity index (χ3v) is 3.87. The van der Waals surface area contributed by atoms with Crippen molar-refractivity contribution in [3.05, 3.63) is 70.5 Å². The Morgan fingerprint density at radius 2 is 1.87 bits per heavy atom. The van der Waals surface area contributed by atoms with Crippen LogP contribution in [0.2, 0.25) is 5.02 Å². The second kappa shape index (κ2) is 8.09. The molecule has 0 spiro atoms. The van der Waals surface area contributed by atoms with Crippen LogP contribution in [0.5, 0.6) is 0 Å². The molecule has 0 unspecified atom stereocenters. The molecule has 3 nitrogen and oxygen atoms in total. The minimum atomic E-state index is -0.261. The fourth-order valence-electron chi connectivity index (χ4n) is 2.39. The van der Waals surface area contributed by atoms with Crippen LogP contribution in [0.25, 0.3) is 0 Å². The Kier molecular flexibility index (Phi) is 6.13. The lowest BCUT2D eigenvalue weighted by Crippen LogP contribution is -2.36. The zero-order chi connectivity index (χ0) is 16.8. The summed E-state index contributed by atoms with van der Waals surface area (Å²) >= 11 is 6.14. The number of hydrogen-bond acceptors (Lipinski definition) is 2. The molecule has 0 radical (unpaired) electrons. The molecule has 1 amide bonds. The van der Waals surface area contributed by atoms with Gasteiger partial charge in [-0.15, -0.1) is 0 Å². The van der Waals surface area contributed by atoms with Crippen LogP contribution in [0.1, 0.15) is 24.1 Å². The lowest BCUT2D eigenvalue weighted by molar-refractivity contribution is -0.122. The van der Waals surface area contributed by atoms with Crippen molar-refractivity contribution >= 4 is 17.5 Å². The minimum Gasteiger partial charge on any atom is -0.348 e. The Balaban J connectivity index is 1.86. The summed E-state index contributed by atoms with van der Waals surface area (Å²) in [5.74, 6) is -0.343. The van der Waals surface area contributed by atoms with Gasteiger partial charge in [-0.1, -0.05) is 41.9 Å². The molecule has 0 aliphatic rings. The molecule has 0 heterocycles. The van der Waals surface area contributed by atoms with Gasteiger partial charge in [0.25, 0.3) is 0 Å². The molecule has 0 aromatic heterocycles. The van der Waals surface area contributed by atoms with E-state index in [4.69, 9.17) is 11.6 Å². The van der Waals surface area contributed by atoms with Crippen LogP contribution < -0.4 is 5.32 Å². The van der Waals surface area contributed by atoms with Crippen LogP contribution >= 0.6 is 11.6 Å². The van der Waals surface area contributed by atoms with E-state index in [1.807, 2.05) is 37.1 Å². The lowest BCUT2D eigenvalue weighted by atomic mass is 10.1. The number of nitrogens with zero attached hydrogens (tertiary/aromatic N) is 1. The van der Waals surface area contributed by atoms with Gasteiger partial charge >= 0.3 is 0 Å². The third-order valence-electron chi connectivity index (χ3n) is 3.53. The molecule has 1 atom stereocenters. The predicted octanol–water partition coefficient (Wildman–Crippen LogP) is 3.79. The maximum atomic E-state index is 12.9. The number of halogens is 2. The van der Waals surface area contributed by atoms with Gasteiger partial charge in [0.15, 0.2) is 0 Å². The van der Waals surface area contributed by atoms with Crippen molar-refractivity contribution in [2.75, 3.05) is 13.6 Å². The van der Waals surface area contributed by atoms with E-state index < -0.39 is 0 Å². The van der Waals surface area contributed by atoms with Crippen LogP contribution in [-0.2, 0) is 11.3 Å². The van der Waals surface area contributed by atoms with Crippen molar-refractivity contribution in [2.45, 2.75) is 19.5 Å². The summed E-state index contributed by atoms with van der Waals surface area (Å²) in [5, 5.41) is 3.58. The minimum absolute atomic E-state index is 0.0815. The molecule has 0 saturated carbocycles. The summed E-state index contributed by atoms with van der Waals surface area (Å²) in [6.45, 7) is 2.74. The summed E-state index contributed by atoms with van der Waals surface area (Å²) in [4.78, 5) is 14.0. The van der Waals surface area contributed by atoms with E-state index in [-0.39, 0.29) is 24.3 Å². The summed E-state index contributed by atoms with van der Waals surface area (Å²) in [5.41, 5.74) is 1.85. The number of likely N-dealkylation sites (N-methyl/N-ethyl adjacent to an activating group) is 1. The maximum absolute atomic E-state index is 12.9. The molecular formula is C18H20ClFN2O. The first-order chi connectivity index (χ1) is 11.0. The van der Waals surface area contributed by atoms with Gasteiger partial charge in [0.1, 0.15) is 5.82 Å². The molecule has 0 aliphatic carbocycles. The number of benzene rings is 2. The summed E-state index contributed by atoms with van der Waals surface area (Å²) in [6.07, 6.45) is 0. The second-order valence-corrected chi connectivity index (χ2v) is 6.02. The highest BCUT2D eigenvalue weighted by Gasteiger charge is 2.13. The van der Waals surface area contributed by atoms with E-state index in [0.29, 0.717) is 11.6 Å². The molecule has 122 valence electrons. The van der Waals surface area contributed by atoms with Crippen molar-refractivity contribution in [3.63, 3.8) is 0 Å². The number of carbonyl (C=O) groups excluding carboxylic acids is 1. The number of hydrogen-bond donors (Lipinski definition) is 1. The van der Waals surface area contributed by atoms with E-state index in [9.17, 15) is 9.18 Å². The highest BCUT2D eigenvalue weighted by Crippen LogP contribution is 2.21. The van der Waals surface area contributed by atoms with Gasteiger partial charge in [0, 0.05) is 11.6 Å². The quantitative estimate of drug-likeness (QED) is 0.871. The number of amides is 1. The first kappa shape index (κ1) is 17.4. The first-order valence-electron chi connectivity index (χ1n) is 7.42. The number of rotatable bonds is 6. The summed E-state index contributed by atoms with van der Waals surface area (Å²) < 4.78 is 12.9. The zero-order valence-corrected chi connectivity index (χ0v) is 14.0. The molecule has 5 heteroatoms. The number of nitrogens with one attached hydrogen (secondary N) is 1. The van der Waals surface area contributed by atoms with Crippen LogP contribution in [0.15, 0.2) is 48.5 Å². The van der Waals surface area contributed by atoms with E-state index in [1.165, 1.54) is 12.1 Å². The lowest BCUT2D eigenvalue weighted by Gasteiger charge is -2.20. The van der Waals surface area contributed by atoms with Gasteiger partial charge in [-0.25, -0.2) is 4.39 Å². The van der Waals surface area contributed by atoms with Gasteiger partial charge in [0.2, 0.25) is 5.91 Å². The molecule has 23 heavy (non-hydrogen) atoms. The SMILES string of the molecule is C[C@H](NC(=O)CN(C)Cc1ccc(F)cc1)c1ccccc1Cl. The molecule has 2 aromatic carbocycles. The van der Waals surface area contributed by atoms with Gasteiger partial charge in [0.05, 0.1) is 12.6 Å². The second-order valence-electron chi connectivity index (χ2n) is 5.61. The van der Waals surface area contributed by atoms with Crippen molar-refractivity contribution in [2.24, 2.45) is 0 Å². The van der Waals surface area contributed by atoms with Gasteiger partial charge < -0.3 is 5.32 Å². The third kappa shape index (κ3) is 5.34. The van der Waals surface area contributed by atoms with Crippen LogP contribution in [-0.4, -0.2) is 24.4 Å². The van der Waals surface area contributed by atoms with Crippen LogP contribution in [0.4, 0.5) is 4.39 Å². The summed E-state index contributed by atoms with van der Waals surface area (Å²) in [6, 6.07) is 13.6. The molecule has 0 saturated heterocycles. The van der Waals surface area contributed by atoms with E-state index >= 15 is 0 Å². The van der Waals surface area contributed by atoms with Crippen LogP contribution in [0, 0.1) is 5.82 Å². The smallest absolute Gasteiger partial charge is 0.234 e.